The van der Waals surface area contributed by atoms with Crippen molar-refractivity contribution in [2.24, 2.45) is 23.7 Å². The third kappa shape index (κ3) is 12.1. The van der Waals surface area contributed by atoms with Crippen molar-refractivity contribution in [3.8, 4) is 0 Å². The molecule has 14 atom stereocenters. The van der Waals surface area contributed by atoms with Gasteiger partial charge < -0.3 is 46.7 Å². The zero-order valence-electron chi connectivity index (χ0n) is 50.7. The van der Waals surface area contributed by atoms with Gasteiger partial charge in [0.1, 0.15) is 24.6 Å². The molecule has 1 spiro atoms. The smallest absolute Gasteiger partial charge is 0.261 e. The van der Waals surface area contributed by atoms with Gasteiger partial charge in [0.2, 0.25) is 8.32 Å². The maximum Gasteiger partial charge on any atom is 0.261 e. The number of methoxy groups -OCH3 is 1. The molecule has 0 aromatic heterocycles. The summed E-state index contributed by atoms with van der Waals surface area (Å²) in [7, 11) is -3.71. The SMILES string of the molecule is COCO[C@@H]1[C@@H](C)[C@H](C)[C@@]2(CCCO2)O[C@H]1[C@@H](OCc1ccc2ccccc2c1)[C@H](C)C1=CC[C@H]2O[C@H]3C[C@@H](O[Si](C(C)C)(C(C)C)C(C)C)[C@](C)(CO[Si](c4ccccc4)(c4ccccc4)C(C)(C)C)O[C@@H]3C[C@H](C)C[C@@H]2O1. The number of hydrogen-bond donors (Lipinski definition) is 0. The molecule has 0 amide bonds. The van der Waals surface area contributed by atoms with Gasteiger partial charge in [-0.1, -0.05) is 187 Å². The van der Waals surface area contributed by atoms with Crippen LogP contribution in [-0.2, 0) is 53.4 Å². The molecule has 0 unspecified atom stereocenters. The van der Waals surface area contributed by atoms with Crippen LogP contribution >= 0.6 is 0 Å². The van der Waals surface area contributed by atoms with E-state index in [1.807, 2.05) is 0 Å². The van der Waals surface area contributed by atoms with Crippen molar-refractivity contribution in [3.63, 3.8) is 0 Å². The summed E-state index contributed by atoms with van der Waals surface area (Å²) in [4.78, 5) is 0. The van der Waals surface area contributed by atoms with Crippen molar-refractivity contribution < 1.29 is 46.7 Å². The molecule has 0 saturated carbocycles. The molecule has 4 fully saturated rings. The Bertz CT molecular complexity index is 2550. The van der Waals surface area contributed by atoms with Crippen LogP contribution in [0.2, 0.25) is 21.7 Å². The maximum absolute atomic E-state index is 7.99. The van der Waals surface area contributed by atoms with Crippen LogP contribution in [0.1, 0.15) is 141 Å². The number of hydrogen-bond acceptors (Lipinski definition) is 10. The zero-order chi connectivity index (χ0) is 56.5. The maximum atomic E-state index is 7.99. The number of ether oxygens (including phenoxy) is 8. The molecule has 4 aromatic rings. The lowest BCUT2D eigenvalue weighted by Gasteiger charge is -2.55. The van der Waals surface area contributed by atoms with Crippen LogP contribution < -0.4 is 10.4 Å². The Balaban J connectivity index is 1.03. The first-order valence-corrected chi connectivity index (χ1v) is 34.4. The predicted octanol–water partition coefficient (Wildman–Crippen LogP) is 14.1. The van der Waals surface area contributed by atoms with Gasteiger partial charge in [-0.25, -0.2) is 0 Å². The first kappa shape index (κ1) is 60.3. The van der Waals surface area contributed by atoms with E-state index in [1.54, 1.807) is 7.11 Å². The molecule has 5 aliphatic rings. The summed E-state index contributed by atoms with van der Waals surface area (Å²) in [5.74, 6) is 0.491. The van der Waals surface area contributed by atoms with Crippen LogP contribution in [0.5, 0.6) is 0 Å². The molecule has 0 aliphatic carbocycles. The molecule has 79 heavy (non-hydrogen) atoms. The summed E-state index contributed by atoms with van der Waals surface area (Å²) < 4.78 is 71.8. The zero-order valence-corrected chi connectivity index (χ0v) is 52.7. The van der Waals surface area contributed by atoms with E-state index in [0.717, 1.165) is 37.0 Å². The van der Waals surface area contributed by atoms with Crippen molar-refractivity contribution in [2.45, 2.75) is 224 Å². The topological polar surface area (TPSA) is 92.3 Å². The van der Waals surface area contributed by atoms with Gasteiger partial charge in [-0.3, -0.25) is 0 Å². The highest BCUT2D eigenvalue weighted by atomic mass is 28.4. The quantitative estimate of drug-likeness (QED) is 0.0668. The van der Waals surface area contributed by atoms with Gasteiger partial charge >= 0.3 is 0 Å². The number of rotatable bonds is 19. The molecular formula is C67H98O10Si2. The molecule has 0 N–H and O–H groups in total. The summed E-state index contributed by atoms with van der Waals surface area (Å²) >= 11 is 0. The van der Waals surface area contributed by atoms with E-state index >= 15 is 0 Å². The molecule has 4 saturated heterocycles. The second-order valence-corrected chi connectivity index (χ2v) is 36.4. The van der Waals surface area contributed by atoms with Crippen LogP contribution in [0.3, 0.4) is 0 Å². The fourth-order valence-electron chi connectivity index (χ4n) is 15.2. The molecule has 4 aromatic carbocycles. The summed E-state index contributed by atoms with van der Waals surface area (Å²) in [5.41, 5.74) is 1.49. The van der Waals surface area contributed by atoms with Crippen molar-refractivity contribution >= 4 is 37.8 Å². The lowest BCUT2D eigenvalue weighted by Crippen LogP contribution is -2.70. The Hall–Kier alpha value is -3.25. The highest BCUT2D eigenvalue weighted by Crippen LogP contribution is 2.51. The summed E-state index contributed by atoms with van der Waals surface area (Å²) in [6.45, 7) is 34.4. The molecule has 5 aliphatic heterocycles. The number of fused-ring (bicyclic) bond motifs is 3. The second kappa shape index (κ2) is 24.9. The average molecular weight is 1120 g/mol. The van der Waals surface area contributed by atoms with Gasteiger partial charge in [0.25, 0.3) is 8.32 Å². The van der Waals surface area contributed by atoms with Crippen LogP contribution in [-0.4, -0.2) is 104 Å². The van der Waals surface area contributed by atoms with E-state index in [4.69, 9.17) is 46.7 Å². The Labute approximate surface area is 477 Å². The predicted molar refractivity (Wildman–Crippen MR) is 322 cm³/mol. The molecule has 10 nitrogen and oxygen atoms in total. The van der Waals surface area contributed by atoms with Gasteiger partial charge in [-0.2, -0.15) is 0 Å². The van der Waals surface area contributed by atoms with E-state index < -0.39 is 40.2 Å². The van der Waals surface area contributed by atoms with E-state index in [9.17, 15) is 0 Å². The molecule has 12 heteroatoms. The molecular weight excluding hydrogens is 1020 g/mol. The Morgan fingerprint density at radius 1 is 0.722 bits per heavy atom. The van der Waals surface area contributed by atoms with Gasteiger partial charge in [0, 0.05) is 31.8 Å². The molecule has 9 rings (SSSR count). The lowest BCUT2D eigenvalue weighted by molar-refractivity contribution is -0.347. The van der Waals surface area contributed by atoms with Gasteiger partial charge in [-0.05, 0) is 105 Å². The highest BCUT2D eigenvalue weighted by molar-refractivity contribution is 6.99. The van der Waals surface area contributed by atoms with Crippen molar-refractivity contribution in [1.29, 1.82) is 0 Å². The molecule has 5 heterocycles. The third-order valence-electron chi connectivity index (χ3n) is 19.5. The monoisotopic (exact) mass is 1120 g/mol. The fourth-order valence-corrected chi connectivity index (χ4v) is 25.5. The summed E-state index contributed by atoms with van der Waals surface area (Å²) in [5, 5.41) is 4.71. The molecule has 0 bridgehead atoms. The van der Waals surface area contributed by atoms with Crippen LogP contribution in [0.25, 0.3) is 10.8 Å². The Morgan fingerprint density at radius 3 is 1.96 bits per heavy atom. The normalized spacial score (nSPS) is 31.6. The highest BCUT2D eigenvalue weighted by Gasteiger charge is 2.60. The van der Waals surface area contributed by atoms with Crippen LogP contribution in [0.4, 0.5) is 0 Å². The van der Waals surface area contributed by atoms with Gasteiger partial charge in [0.05, 0.1) is 62.2 Å². The van der Waals surface area contributed by atoms with E-state index in [0.29, 0.717) is 49.3 Å². The van der Waals surface area contributed by atoms with Crippen LogP contribution in [0.15, 0.2) is 115 Å². The molecule has 434 valence electrons. The molecule has 0 radical (unpaired) electrons. The van der Waals surface area contributed by atoms with Crippen molar-refractivity contribution in [1.82, 2.24) is 0 Å². The van der Waals surface area contributed by atoms with E-state index in [2.05, 4.69) is 206 Å². The van der Waals surface area contributed by atoms with Crippen molar-refractivity contribution in [3.05, 3.63) is 121 Å². The summed E-state index contributed by atoms with van der Waals surface area (Å²) in [6.07, 6.45) is 4.95. The van der Waals surface area contributed by atoms with Gasteiger partial charge in [0.15, 0.2) is 5.79 Å². The Kier molecular flexibility index (Phi) is 19.0. The van der Waals surface area contributed by atoms with E-state index in [-0.39, 0.29) is 72.1 Å². The van der Waals surface area contributed by atoms with Crippen LogP contribution in [0, 0.1) is 23.7 Å². The first-order chi connectivity index (χ1) is 37.7. The van der Waals surface area contributed by atoms with Crippen molar-refractivity contribution in [2.75, 3.05) is 27.1 Å². The first-order valence-electron chi connectivity index (χ1n) is 30.3. The fraction of sp³-hybridized carbons (Fsp3) is 0.642. The third-order valence-corrected chi connectivity index (χ3v) is 30.5. The van der Waals surface area contributed by atoms with Gasteiger partial charge in [-0.15, -0.1) is 0 Å². The minimum atomic E-state index is -2.94. The standard InChI is InChI=1S/C67H98O10Si2/c1-44(2)78(45(3)4,46(5)6)77-61-40-59-60(75-66(61,14)42-72-79(65(11,12)13,54-27-18-16-19-28-54)55-29-20-17-21-30-55)38-47(7)37-58-57(74-59)34-33-56(73-58)49(9)63(69-41-51-31-32-52-25-22-23-26-53(52)39-51)64-62(70-43-68-15)48(8)50(10)67(76-64)35-24-36-71-67/h16-23,25-33,39,44-50,57-64H,24,34-38,40-43H2,1-15H3/t47-,48+,49-,50+,57-,58+,59+,60-,61-,62-,63+,64-,66+,67-/m1/s1. The number of benzene rings is 4. The largest absolute Gasteiger partial charge is 0.492 e. The lowest BCUT2D eigenvalue weighted by atomic mass is 9.75. The summed E-state index contributed by atoms with van der Waals surface area (Å²) in [6, 6.07) is 37.0. The Morgan fingerprint density at radius 2 is 1.35 bits per heavy atom. The minimum absolute atomic E-state index is 0.105. The average Bonchev–Trinajstić information content (AvgIpc) is 4.11. The van der Waals surface area contributed by atoms with E-state index in [1.165, 1.54) is 21.1 Å². The minimum Gasteiger partial charge on any atom is -0.492 e. The second-order valence-electron chi connectivity index (χ2n) is 26.6.